The lowest BCUT2D eigenvalue weighted by Gasteiger charge is -2.16. The molecule has 1 aromatic carbocycles. The fraction of sp³-hybridized carbons (Fsp3) is 0.400. The van der Waals surface area contributed by atoms with Crippen molar-refractivity contribution in [2.45, 2.75) is 32.7 Å². The van der Waals surface area contributed by atoms with Gasteiger partial charge in [0.25, 0.3) is 5.91 Å². The molecule has 0 saturated carbocycles. The van der Waals surface area contributed by atoms with Gasteiger partial charge in [-0.1, -0.05) is 19.1 Å². The van der Waals surface area contributed by atoms with Crippen LogP contribution in [0.15, 0.2) is 30.3 Å². The van der Waals surface area contributed by atoms with E-state index in [1.807, 2.05) is 30.3 Å². The molecule has 2 aromatic rings. The predicted molar refractivity (Wildman–Crippen MR) is 101 cm³/mol. The molecule has 3 rings (SSSR count). The molecule has 5 nitrogen and oxygen atoms in total. The van der Waals surface area contributed by atoms with Crippen LogP contribution in [0.1, 0.15) is 39.0 Å². The van der Waals surface area contributed by atoms with Gasteiger partial charge in [-0.15, -0.1) is 11.3 Å². The number of rotatable bonds is 6. The number of esters is 1. The lowest BCUT2D eigenvalue weighted by Crippen LogP contribution is -2.28. The number of thiophene rings is 1. The van der Waals surface area contributed by atoms with Gasteiger partial charge >= 0.3 is 5.97 Å². The van der Waals surface area contributed by atoms with Crippen molar-refractivity contribution >= 4 is 23.2 Å². The molecule has 0 fully saturated rings. The van der Waals surface area contributed by atoms with E-state index in [4.69, 9.17) is 9.47 Å². The van der Waals surface area contributed by atoms with Crippen molar-refractivity contribution < 1.29 is 19.1 Å². The van der Waals surface area contributed by atoms with Gasteiger partial charge in [0.1, 0.15) is 10.6 Å². The summed E-state index contributed by atoms with van der Waals surface area (Å²) in [5.74, 6) is 0.688. The molecule has 1 atom stereocenters. The molecule has 1 heterocycles. The first-order chi connectivity index (χ1) is 12.5. The van der Waals surface area contributed by atoms with E-state index in [1.165, 1.54) is 21.8 Å². The maximum Gasteiger partial charge on any atom is 0.348 e. The van der Waals surface area contributed by atoms with E-state index in [2.05, 4.69) is 12.2 Å². The maximum absolute atomic E-state index is 12.2. The van der Waals surface area contributed by atoms with Crippen LogP contribution in [0, 0.1) is 5.92 Å². The van der Waals surface area contributed by atoms with Crippen LogP contribution in [-0.2, 0) is 28.9 Å². The number of nitrogens with one attached hydrogen (secondary N) is 1. The Labute approximate surface area is 157 Å². The molecule has 1 aromatic heterocycles. The number of ether oxygens (including phenoxy) is 2. The van der Waals surface area contributed by atoms with Gasteiger partial charge in [0, 0.05) is 11.4 Å². The Kier molecular flexibility index (Phi) is 5.93. The first kappa shape index (κ1) is 18.5. The van der Waals surface area contributed by atoms with E-state index >= 15 is 0 Å². The first-order valence-electron chi connectivity index (χ1n) is 8.73. The fourth-order valence-corrected chi connectivity index (χ4v) is 4.11. The van der Waals surface area contributed by atoms with Crippen LogP contribution in [0.25, 0.3) is 0 Å². The topological polar surface area (TPSA) is 64.6 Å². The normalized spacial score (nSPS) is 15.8. The summed E-state index contributed by atoms with van der Waals surface area (Å²) < 4.78 is 10.3. The third-order valence-electron chi connectivity index (χ3n) is 4.51. The fourth-order valence-electron chi connectivity index (χ4n) is 3.00. The highest BCUT2D eigenvalue weighted by Gasteiger charge is 2.21. The van der Waals surface area contributed by atoms with Gasteiger partial charge < -0.3 is 14.8 Å². The van der Waals surface area contributed by atoms with Crippen LogP contribution in [0.4, 0.5) is 0 Å². The summed E-state index contributed by atoms with van der Waals surface area (Å²) in [5, 5.41) is 2.74. The zero-order valence-electron chi connectivity index (χ0n) is 15.0. The highest BCUT2D eigenvalue weighted by atomic mass is 32.1. The number of carbonyl (C=O) groups is 2. The number of fused-ring (bicyclic) bond motifs is 1. The van der Waals surface area contributed by atoms with Crippen molar-refractivity contribution in [3.8, 4) is 5.75 Å². The van der Waals surface area contributed by atoms with Crippen molar-refractivity contribution in [3.05, 3.63) is 51.2 Å². The SMILES string of the molecule is COc1ccc(CNC(=O)COC(=O)c2cc3c(s2)CC[C@@H](C)C3)cc1. The molecule has 138 valence electrons. The maximum atomic E-state index is 12.2. The minimum absolute atomic E-state index is 0.270. The van der Waals surface area contributed by atoms with Gasteiger partial charge in [-0.05, 0) is 54.5 Å². The zero-order chi connectivity index (χ0) is 18.5. The van der Waals surface area contributed by atoms with E-state index in [0.717, 1.165) is 30.6 Å². The molecule has 1 aliphatic rings. The Balaban J connectivity index is 1.46. The first-order valence-corrected chi connectivity index (χ1v) is 9.55. The van der Waals surface area contributed by atoms with Crippen LogP contribution in [-0.4, -0.2) is 25.6 Å². The van der Waals surface area contributed by atoms with Gasteiger partial charge in [0.05, 0.1) is 7.11 Å². The van der Waals surface area contributed by atoms with Gasteiger partial charge in [0.15, 0.2) is 6.61 Å². The minimum Gasteiger partial charge on any atom is -0.497 e. The summed E-state index contributed by atoms with van der Waals surface area (Å²) in [5.41, 5.74) is 2.20. The molecular formula is C20H23NO4S. The van der Waals surface area contributed by atoms with Gasteiger partial charge in [-0.2, -0.15) is 0 Å². The molecule has 1 N–H and O–H groups in total. The molecule has 0 bridgehead atoms. The Morgan fingerprint density at radius 2 is 2.04 bits per heavy atom. The van der Waals surface area contributed by atoms with E-state index in [0.29, 0.717) is 17.3 Å². The average Bonchev–Trinajstić information content (AvgIpc) is 3.08. The monoisotopic (exact) mass is 373 g/mol. The smallest absolute Gasteiger partial charge is 0.348 e. The summed E-state index contributed by atoms with van der Waals surface area (Å²) in [6.45, 7) is 2.34. The molecular weight excluding hydrogens is 350 g/mol. The summed E-state index contributed by atoms with van der Waals surface area (Å²) in [4.78, 5) is 26.0. The second kappa shape index (κ2) is 8.36. The van der Waals surface area contributed by atoms with Crippen molar-refractivity contribution in [3.63, 3.8) is 0 Å². The molecule has 1 aliphatic carbocycles. The van der Waals surface area contributed by atoms with E-state index in [9.17, 15) is 9.59 Å². The Morgan fingerprint density at radius 1 is 1.27 bits per heavy atom. The third kappa shape index (κ3) is 4.64. The molecule has 26 heavy (non-hydrogen) atoms. The van der Waals surface area contributed by atoms with Crippen LogP contribution in [0.5, 0.6) is 5.75 Å². The largest absolute Gasteiger partial charge is 0.497 e. The number of amides is 1. The van der Waals surface area contributed by atoms with E-state index in [1.54, 1.807) is 7.11 Å². The highest BCUT2D eigenvalue weighted by Crippen LogP contribution is 2.32. The summed E-state index contributed by atoms with van der Waals surface area (Å²) in [7, 11) is 1.61. The molecule has 0 unspecified atom stereocenters. The number of methoxy groups -OCH3 is 1. The van der Waals surface area contributed by atoms with Crippen molar-refractivity contribution in [1.82, 2.24) is 5.32 Å². The summed E-state index contributed by atoms with van der Waals surface area (Å²) in [6.07, 6.45) is 3.20. The van der Waals surface area contributed by atoms with E-state index < -0.39 is 5.97 Å². The van der Waals surface area contributed by atoms with Crippen molar-refractivity contribution in [1.29, 1.82) is 0 Å². The molecule has 0 saturated heterocycles. The molecule has 0 aliphatic heterocycles. The summed E-state index contributed by atoms with van der Waals surface area (Å²) >= 11 is 1.49. The van der Waals surface area contributed by atoms with Crippen LogP contribution >= 0.6 is 11.3 Å². The van der Waals surface area contributed by atoms with Crippen molar-refractivity contribution in [2.24, 2.45) is 5.92 Å². The van der Waals surface area contributed by atoms with Crippen LogP contribution < -0.4 is 10.1 Å². The highest BCUT2D eigenvalue weighted by molar-refractivity contribution is 7.14. The van der Waals surface area contributed by atoms with Crippen molar-refractivity contribution in [2.75, 3.05) is 13.7 Å². The molecule has 0 spiro atoms. The number of benzene rings is 1. The quantitative estimate of drug-likeness (QED) is 0.789. The number of aryl methyl sites for hydroxylation is 1. The number of hydrogen-bond acceptors (Lipinski definition) is 5. The predicted octanol–water partition coefficient (Wildman–Crippen LogP) is 3.35. The number of hydrogen-bond donors (Lipinski definition) is 1. The third-order valence-corrected chi connectivity index (χ3v) is 5.73. The molecule has 1 amide bonds. The number of carbonyl (C=O) groups excluding carboxylic acids is 2. The Morgan fingerprint density at radius 3 is 2.77 bits per heavy atom. The summed E-state index contributed by atoms with van der Waals surface area (Å²) in [6, 6.07) is 9.35. The Bertz CT molecular complexity index is 782. The zero-order valence-corrected chi connectivity index (χ0v) is 15.9. The minimum atomic E-state index is -0.420. The second-order valence-electron chi connectivity index (χ2n) is 6.61. The van der Waals surface area contributed by atoms with Gasteiger partial charge in [-0.3, -0.25) is 4.79 Å². The Hall–Kier alpha value is -2.34. The lowest BCUT2D eigenvalue weighted by molar-refractivity contribution is -0.124. The lowest BCUT2D eigenvalue weighted by atomic mass is 9.90. The molecule has 6 heteroatoms. The van der Waals surface area contributed by atoms with Gasteiger partial charge in [-0.25, -0.2) is 4.79 Å². The van der Waals surface area contributed by atoms with E-state index in [-0.39, 0.29) is 12.5 Å². The van der Waals surface area contributed by atoms with Gasteiger partial charge in [0.2, 0.25) is 0 Å². The second-order valence-corrected chi connectivity index (χ2v) is 7.74. The molecule has 0 radical (unpaired) electrons. The average molecular weight is 373 g/mol. The standard InChI is InChI=1S/C20H23NO4S/c1-13-3-8-17-15(9-13)10-18(26-17)20(23)25-12-19(22)21-11-14-4-6-16(24-2)7-5-14/h4-7,10,13H,3,8-9,11-12H2,1-2H3,(H,21,22)/t13-/m1/s1. The van der Waals surface area contributed by atoms with Crippen LogP contribution in [0.2, 0.25) is 0 Å². The van der Waals surface area contributed by atoms with Crippen LogP contribution in [0.3, 0.4) is 0 Å².